The Bertz CT molecular complexity index is 3370. The van der Waals surface area contributed by atoms with Gasteiger partial charge >= 0.3 is 14.5 Å². The second kappa shape index (κ2) is 32.0. The van der Waals surface area contributed by atoms with Crippen LogP contribution in [0.25, 0.3) is 0 Å². The highest BCUT2D eigenvalue weighted by atomic mass is 28.4. The Morgan fingerprint density at radius 2 is 1.26 bits per heavy atom. The SMILES string of the molecule is COc1cc2c(cc1OCc1cc(C#CCCC(=O)CCOCCOCCOCCOCCCC(=O)CCN3C(=O)C=CC3=O)cc(COc3cc4c(cc3C)C(=O)N3C=C(C)C[C@H]3[C@H](O[Si](C)(C)C(C)(C)C)N4[B]C=O)c1)N(B(C)O)[C@@H](C)[C@@H]1CC(C)=CN1C2=O. The van der Waals surface area contributed by atoms with Crippen LogP contribution in [0.4, 0.5) is 11.4 Å². The number of hydrogen-bond donors (Lipinski definition) is 1. The van der Waals surface area contributed by atoms with Crippen molar-refractivity contribution in [2.75, 3.05) is 76.1 Å². The molecular weight excluding hydrogens is 1190 g/mol. The number of Topliss-reactive ketones (excluding diaryl/α,β-unsaturated/α-hetero) is 2. The molecule has 5 aliphatic rings. The van der Waals surface area contributed by atoms with Gasteiger partial charge < -0.3 is 66.8 Å². The lowest BCUT2D eigenvalue weighted by molar-refractivity contribution is -0.137. The topological polar surface area (TPSA) is 230 Å². The Labute approximate surface area is 543 Å². The molecule has 0 spiro atoms. The van der Waals surface area contributed by atoms with Gasteiger partial charge in [-0.05, 0) is 119 Å². The Kier molecular flexibility index (Phi) is 24.5. The summed E-state index contributed by atoms with van der Waals surface area (Å²) in [5.41, 5.74) is 6.76. The van der Waals surface area contributed by atoms with Crippen LogP contribution in [-0.2, 0) is 60.6 Å². The first-order valence-corrected chi connectivity index (χ1v) is 34.6. The Balaban J connectivity index is 0.890. The van der Waals surface area contributed by atoms with Crippen molar-refractivity contribution in [1.82, 2.24) is 14.7 Å². The van der Waals surface area contributed by atoms with Crippen LogP contribution in [0.5, 0.6) is 17.2 Å². The number of anilines is 2. The number of benzene rings is 3. The third-order valence-electron chi connectivity index (χ3n) is 17.5. The molecule has 0 aromatic heterocycles. The van der Waals surface area contributed by atoms with E-state index in [4.69, 9.17) is 37.6 Å². The Hall–Kier alpha value is -7.36. The summed E-state index contributed by atoms with van der Waals surface area (Å²) < 4.78 is 48.6. The minimum atomic E-state index is -2.48. The van der Waals surface area contributed by atoms with Crippen molar-refractivity contribution in [2.45, 2.75) is 162 Å². The van der Waals surface area contributed by atoms with Crippen molar-refractivity contribution in [1.29, 1.82) is 0 Å². The maximum Gasteiger partial charge on any atom is 0.409 e. The van der Waals surface area contributed by atoms with Crippen LogP contribution in [0.2, 0.25) is 25.0 Å². The van der Waals surface area contributed by atoms with Gasteiger partial charge in [0.05, 0.1) is 76.6 Å². The van der Waals surface area contributed by atoms with E-state index in [2.05, 4.69) is 45.7 Å². The van der Waals surface area contributed by atoms with Gasteiger partial charge in [-0.3, -0.25) is 33.7 Å². The highest BCUT2D eigenvalue weighted by molar-refractivity contribution is 6.74. The number of carbonyl (C=O) groups excluding carboxylic acids is 7. The first kappa shape index (κ1) is 70.5. The average Bonchev–Trinajstić information content (AvgIpc) is 1.58. The first-order valence-electron chi connectivity index (χ1n) is 31.7. The number of rotatable bonds is 33. The van der Waals surface area contributed by atoms with E-state index in [-0.39, 0.29) is 92.2 Å². The fourth-order valence-electron chi connectivity index (χ4n) is 11.7. The van der Waals surface area contributed by atoms with Crippen molar-refractivity contribution in [2.24, 2.45) is 0 Å². The molecule has 4 atom stereocenters. The van der Waals surface area contributed by atoms with Crippen LogP contribution in [0.3, 0.4) is 0 Å². The fraction of sp³-hybridized carbons (Fsp3) is 0.515. The molecule has 0 saturated carbocycles. The zero-order valence-electron chi connectivity index (χ0n) is 55.1. The van der Waals surface area contributed by atoms with Crippen molar-refractivity contribution in [3.63, 3.8) is 0 Å². The highest BCUT2D eigenvalue weighted by Gasteiger charge is 2.49. The molecule has 5 aliphatic heterocycles. The van der Waals surface area contributed by atoms with Gasteiger partial charge in [0.25, 0.3) is 23.6 Å². The molecule has 1 N–H and O–H groups in total. The van der Waals surface area contributed by atoms with Gasteiger partial charge in [-0.25, -0.2) is 0 Å². The van der Waals surface area contributed by atoms with Crippen molar-refractivity contribution >= 4 is 75.5 Å². The summed E-state index contributed by atoms with van der Waals surface area (Å²) >= 11 is 0. The predicted molar refractivity (Wildman–Crippen MR) is 353 cm³/mol. The van der Waals surface area contributed by atoms with E-state index < -0.39 is 33.4 Å². The smallest absolute Gasteiger partial charge is 0.409 e. The molecule has 4 amide bonds. The molecule has 1 radical (unpaired) electrons. The molecule has 0 aliphatic carbocycles. The van der Waals surface area contributed by atoms with E-state index in [1.54, 1.807) is 33.6 Å². The highest BCUT2D eigenvalue weighted by Crippen LogP contribution is 2.45. The van der Waals surface area contributed by atoms with E-state index in [1.807, 2.05) is 75.2 Å². The van der Waals surface area contributed by atoms with Crippen molar-refractivity contribution in [3.8, 4) is 29.1 Å². The molecule has 5 heterocycles. The monoisotopic (exact) mass is 1280 g/mol. The van der Waals surface area contributed by atoms with Gasteiger partial charge in [0.1, 0.15) is 42.9 Å². The Morgan fingerprint density at radius 1 is 0.707 bits per heavy atom. The minimum absolute atomic E-state index is 0.00301. The van der Waals surface area contributed by atoms with Gasteiger partial charge in [-0.1, -0.05) is 43.8 Å². The number of carbonyl (C=O) groups is 7. The van der Waals surface area contributed by atoms with Crippen LogP contribution in [0.15, 0.2) is 78.2 Å². The van der Waals surface area contributed by atoms with Crippen LogP contribution < -0.4 is 23.8 Å². The van der Waals surface area contributed by atoms with E-state index in [9.17, 15) is 38.6 Å². The third kappa shape index (κ3) is 17.7. The summed E-state index contributed by atoms with van der Waals surface area (Å²) in [5.74, 6) is 6.42. The second-order valence-electron chi connectivity index (χ2n) is 25.5. The zero-order valence-corrected chi connectivity index (χ0v) is 56.1. The summed E-state index contributed by atoms with van der Waals surface area (Å²) in [7, 11) is -0.449. The number of nitrogens with zero attached hydrogens (tertiary/aromatic N) is 5. The number of imide groups is 1. The number of ether oxygens (including phenoxy) is 7. The maximum atomic E-state index is 14.5. The second-order valence-corrected chi connectivity index (χ2v) is 30.3. The van der Waals surface area contributed by atoms with E-state index >= 15 is 0 Å². The number of aryl methyl sites for hydroxylation is 1. The average molecular weight is 1280 g/mol. The number of fused-ring (bicyclic) bond motifs is 4. The fourth-order valence-corrected chi connectivity index (χ4v) is 12.9. The molecule has 92 heavy (non-hydrogen) atoms. The number of ketones is 2. The molecular formula is C68H88B2N5O16Si. The maximum absolute atomic E-state index is 14.5. The minimum Gasteiger partial charge on any atom is -0.493 e. The number of amides is 4. The van der Waals surface area contributed by atoms with Crippen molar-refractivity contribution < 1.29 is 76.2 Å². The molecule has 3 aromatic rings. The van der Waals surface area contributed by atoms with E-state index in [0.29, 0.717) is 129 Å². The molecule has 24 heteroatoms. The molecule has 0 unspecified atom stereocenters. The molecule has 21 nitrogen and oxygen atoms in total. The lowest BCUT2D eigenvalue weighted by atomic mass is 9.80. The van der Waals surface area contributed by atoms with E-state index in [0.717, 1.165) is 33.4 Å². The number of methoxy groups -OCH3 is 1. The Morgan fingerprint density at radius 3 is 1.86 bits per heavy atom. The molecule has 0 saturated heterocycles. The van der Waals surface area contributed by atoms with Crippen molar-refractivity contribution in [3.05, 3.63) is 112 Å². The third-order valence-corrected chi connectivity index (χ3v) is 21.9. The lowest BCUT2D eigenvalue weighted by Gasteiger charge is -2.45. The molecule has 0 fully saturated rings. The largest absolute Gasteiger partial charge is 0.493 e. The number of hydrogen-bond acceptors (Lipinski definition) is 18. The lowest BCUT2D eigenvalue weighted by Crippen LogP contribution is -2.57. The molecule has 491 valence electrons. The summed E-state index contributed by atoms with van der Waals surface area (Å²) in [6.45, 7) is 23.3. The summed E-state index contributed by atoms with van der Waals surface area (Å²) in [4.78, 5) is 97.9. The molecule has 3 aromatic carbocycles. The van der Waals surface area contributed by atoms with Gasteiger partial charge in [0.2, 0.25) is 0 Å². The van der Waals surface area contributed by atoms with Crippen LogP contribution in [0, 0.1) is 18.8 Å². The van der Waals surface area contributed by atoms with Gasteiger partial charge in [-0.15, -0.1) is 0 Å². The standard InChI is InChI=1S/C68H88B2N5O16Si/c1-45-31-56-48(4)75(70(8)83)58-39-62(61(84-9)37-55(58)66(82)72(56)40-45)90-43-51-35-49(15-12-13-16-53(78)21-24-86-26-28-88-30-29-87-27-25-85-23-14-17-52(77)20-22-71-63(79)18-19-64(71)80)34-50(36-51)42-89-60-38-57-54(33-47(60)3)65(81)73-41-46(2)32-59(73)67(74(57)69-44-76)91-92(10,11)68(5,6)7/h18-19,33-41,44,48,56,59,67,83H,13-14,16-17,20-32,42-43H2,1-11H3/t48-,56-,59-,67-/m0/s1. The summed E-state index contributed by atoms with van der Waals surface area (Å²) in [6.07, 6.45) is 9.20. The van der Waals surface area contributed by atoms with Gasteiger partial charge in [0, 0.05) is 105 Å². The normalized spacial score (nSPS) is 18.5. The summed E-state index contributed by atoms with van der Waals surface area (Å²) in [6, 6.07) is 12.0. The van der Waals surface area contributed by atoms with Crippen LogP contribution >= 0.6 is 0 Å². The predicted octanol–water partition coefficient (Wildman–Crippen LogP) is 8.52. The van der Waals surface area contributed by atoms with E-state index in [1.165, 1.54) is 26.7 Å². The summed E-state index contributed by atoms with van der Waals surface area (Å²) in [5, 5.41) is 11.1. The zero-order chi connectivity index (χ0) is 66.4. The quantitative estimate of drug-likeness (QED) is 0.0198. The van der Waals surface area contributed by atoms with Crippen LogP contribution in [0.1, 0.15) is 136 Å². The molecule has 8 rings (SSSR count). The van der Waals surface area contributed by atoms with Gasteiger partial charge in [-0.2, -0.15) is 0 Å². The first-order chi connectivity index (χ1) is 43.9. The van der Waals surface area contributed by atoms with Crippen LogP contribution in [-0.4, -0.2) is 175 Å². The molecule has 0 bridgehead atoms. The van der Waals surface area contributed by atoms with Gasteiger partial charge in [0.15, 0.2) is 19.8 Å².